The van der Waals surface area contributed by atoms with Gasteiger partial charge in [-0.1, -0.05) is 35.0 Å². The van der Waals surface area contributed by atoms with E-state index in [-0.39, 0.29) is 24.3 Å². The zero-order chi connectivity index (χ0) is 22.9. The molecule has 3 atom stereocenters. The molecule has 4 aromatic rings. The number of carbonyl (C=O) groups is 1. The van der Waals surface area contributed by atoms with Crippen LogP contribution in [0.3, 0.4) is 0 Å². The fraction of sp³-hybridized carbons (Fsp3) is 0.208. The number of nitrogens with zero attached hydrogens (tertiary/aromatic N) is 4. The Labute approximate surface area is 198 Å². The first-order valence-electron chi connectivity index (χ1n) is 10.5. The number of aromatic nitrogens is 3. The van der Waals surface area contributed by atoms with Gasteiger partial charge in [-0.25, -0.2) is 9.07 Å². The van der Waals surface area contributed by atoms with Gasteiger partial charge in [0.05, 0.1) is 29.3 Å². The number of likely N-dealkylation sites (tertiary alicyclic amines) is 1. The number of benzene rings is 2. The molecule has 3 heterocycles. The van der Waals surface area contributed by atoms with Gasteiger partial charge in [0.15, 0.2) is 0 Å². The van der Waals surface area contributed by atoms with Gasteiger partial charge in [0.1, 0.15) is 11.5 Å². The fourth-order valence-electron chi connectivity index (χ4n) is 4.18. The van der Waals surface area contributed by atoms with Gasteiger partial charge in [0, 0.05) is 23.6 Å². The number of aliphatic hydroxyl groups excluding tert-OH is 1. The Balaban J connectivity index is 1.46. The molecule has 33 heavy (non-hydrogen) atoms. The maximum Gasteiger partial charge on any atom is 0.264 e. The van der Waals surface area contributed by atoms with Crippen molar-refractivity contribution in [3.8, 4) is 11.3 Å². The van der Waals surface area contributed by atoms with E-state index < -0.39 is 12.1 Å². The molecule has 6 nitrogen and oxygen atoms in total. The monoisotopic (exact) mass is 482 g/mol. The molecule has 9 heteroatoms. The summed E-state index contributed by atoms with van der Waals surface area (Å²) in [6.07, 6.45) is 1.31. The SMILES string of the molecule is O=C(c1cccs1)N1CC(n2cc(-c3ccc(F)cc3)nn2)C(O)CC1c1ccc(Cl)cc1. The number of aliphatic hydroxyl groups is 1. The quantitative estimate of drug-likeness (QED) is 0.445. The molecule has 0 aliphatic carbocycles. The predicted octanol–water partition coefficient (Wildman–Crippen LogP) is 4.99. The van der Waals surface area contributed by atoms with E-state index in [0.717, 1.165) is 11.1 Å². The lowest BCUT2D eigenvalue weighted by atomic mass is 9.90. The Kier molecular flexibility index (Phi) is 5.97. The van der Waals surface area contributed by atoms with Crippen LogP contribution < -0.4 is 0 Å². The molecule has 1 saturated heterocycles. The smallest absolute Gasteiger partial charge is 0.264 e. The molecule has 1 fully saturated rings. The third-order valence-corrected chi connectivity index (χ3v) is 7.02. The number of piperidine rings is 1. The highest BCUT2D eigenvalue weighted by atomic mass is 35.5. The average Bonchev–Trinajstić information content (AvgIpc) is 3.52. The predicted molar refractivity (Wildman–Crippen MR) is 125 cm³/mol. The van der Waals surface area contributed by atoms with Crippen LogP contribution in [0.4, 0.5) is 4.39 Å². The van der Waals surface area contributed by atoms with Gasteiger partial charge in [-0.15, -0.1) is 16.4 Å². The van der Waals surface area contributed by atoms with Crippen molar-refractivity contribution in [2.45, 2.75) is 24.6 Å². The van der Waals surface area contributed by atoms with Crippen LogP contribution in [0.1, 0.15) is 33.7 Å². The van der Waals surface area contributed by atoms with Crippen LogP contribution >= 0.6 is 22.9 Å². The van der Waals surface area contributed by atoms with Crippen LogP contribution in [0.15, 0.2) is 72.2 Å². The van der Waals surface area contributed by atoms with Gasteiger partial charge in [0.2, 0.25) is 0 Å². The second kappa shape index (κ2) is 9.05. The van der Waals surface area contributed by atoms with Crippen LogP contribution in [0, 0.1) is 5.82 Å². The Morgan fingerprint density at radius 3 is 2.58 bits per heavy atom. The van der Waals surface area contributed by atoms with Crippen molar-refractivity contribution in [2.24, 2.45) is 0 Å². The molecule has 2 aromatic heterocycles. The van der Waals surface area contributed by atoms with Crippen molar-refractivity contribution in [2.75, 3.05) is 6.54 Å². The summed E-state index contributed by atoms with van der Waals surface area (Å²) in [6.45, 7) is 0.261. The van der Waals surface area contributed by atoms with Crippen molar-refractivity contribution < 1.29 is 14.3 Å². The Hall–Kier alpha value is -3.07. The van der Waals surface area contributed by atoms with Gasteiger partial charge in [-0.05, 0) is 53.4 Å². The molecular formula is C24H20ClFN4O2S. The fourth-order valence-corrected chi connectivity index (χ4v) is 4.99. The minimum Gasteiger partial charge on any atom is -0.391 e. The number of hydrogen-bond acceptors (Lipinski definition) is 5. The maximum atomic E-state index is 13.4. The molecule has 168 valence electrons. The summed E-state index contributed by atoms with van der Waals surface area (Å²) in [5.41, 5.74) is 2.20. The molecule has 0 bridgehead atoms. The number of carbonyl (C=O) groups excluding carboxylic acids is 1. The maximum absolute atomic E-state index is 13.4. The van der Waals surface area contributed by atoms with Gasteiger partial charge in [-0.3, -0.25) is 4.79 Å². The molecule has 5 rings (SSSR count). The molecule has 3 unspecified atom stereocenters. The van der Waals surface area contributed by atoms with E-state index >= 15 is 0 Å². The average molecular weight is 483 g/mol. The number of hydrogen-bond donors (Lipinski definition) is 1. The lowest BCUT2D eigenvalue weighted by Crippen LogP contribution is -2.48. The molecule has 1 amide bonds. The van der Waals surface area contributed by atoms with Gasteiger partial charge in [-0.2, -0.15) is 0 Å². The van der Waals surface area contributed by atoms with Crippen molar-refractivity contribution in [3.63, 3.8) is 0 Å². The van der Waals surface area contributed by atoms with Crippen molar-refractivity contribution in [1.29, 1.82) is 0 Å². The number of rotatable bonds is 4. The molecule has 0 saturated carbocycles. The normalized spacial score (nSPS) is 20.7. The number of amides is 1. The van der Waals surface area contributed by atoms with Gasteiger partial charge >= 0.3 is 0 Å². The summed E-state index contributed by atoms with van der Waals surface area (Å²) in [5, 5.41) is 21.9. The van der Waals surface area contributed by atoms with Gasteiger partial charge in [0.25, 0.3) is 5.91 Å². The first-order chi connectivity index (χ1) is 16.0. The summed E-state index contributed by atoms with van der Waals surface area (Å²) >= 11 is 7.44. The molecular weight excluding hydrogens is 463 g/mol. The summed E-state index contributed by atoms with van der Waals surface area (Å²) < 4.78 is 14.9. The van der Waals surface area contributed by atoms with E-state index in [0.29, 0.717) is 22.0 Å². The summed E-state index contributed by atoms with van der Waals surface area (Å²) in [7, 11) is 0. The Morgan fingerprint density at radius 1 is 1.12 bits per heavy atom. The third kappa shape index (κ3) is 4.42. The largest absolute Gasteiger partial charge is 0.391 e. The zero-order valence-electron chi connectivity index (χ0n) is 17.4. The molecule has 0 radical (unpaired) electrons. The summed E-state index contributed by atoms with van der Waals surface area (Å²) in [6, 6.07) is 16.2. The molecule has 1 aliphatic rings. The van der Waals surface area contributed by atoms with Crippen LogP contribution in [0.2, 0.25) is 5.02 Å². The van der Waals surface area contributed by atoms with E-state index in [2.05, 4.69) is 10.3 Å². The van der Waals surface area contributed by atoms with Crippen LogP contribution in [-0.2, 0) is 0 Å². The highest BCUT2D eigenvalue weighted by Crippen LogP contribution is 2.37. The minimum absolute atomic E-state index is 0.0966. The van der Waals surface area contributed by atoms with E-state index in [9.17, 15) is 14.3 Å². The van der Waals surface area contributed by atoms with Crippen LogP contribution in [0.25, 0.3) is 11.3 Å². The number of halogens is 2. The van der Waals surface area contributed by atoms with E-state index in [1.807, 2.05) is 23.6 Å². The standard InChI is InChI=1S/C24H20ClFN4O2S/c25-17-7-3-16(4-8-17)20-12-22(31)21(14-29(20)24(32)23-2-1-11-33-23)30-13-19(27-28-30)15-5-9-18(26)10-6-15/h1-11,13,20-22,31H,12,14H2. The van der Waals surface area contributed by atoms with Crippen LogP contribution in [-0.4, -0.2) is 43.6 Å². The summed E-state index contributed by atoms with van der Waals surface area (Å²) in [4.78, 5) is 15.8. The molecule has 2 aromatic carbocycles. The molecule has 1 aliphatic heterocycles. The van der Waals surface area contributed by atoms with Crippen molar-refractivity contribution in [3.05, 3.63) is 93.5 Å². The second-order valence-corrected chi connectivity index (χ2v) is 9.35. The first-order valence-corrected chi connectivity index (χ1v) is 11.7. The van der Waals surface area contributed by atoms with Gasteiger partial charge < -0.3 is 10.0 Å². The Bertz CT molecular complexity index is 1240. The number of thiophene rings is 1. The summed E-state index contributed by atoms with van der Waals surface area (Å²) in [5.74, 6) is -0.425. The van der Waals surface area contributed by atoms with Crippen molar-refractivity contribution in [1.82, 2.24) is 19.9 Å². The Morgan fingerprint density at radius 2 is 1.88 bits per heavy atom. The third-order valence-electron chi connectivity index (χ3n) is 5.91. The van der Waals surface area contributed by atoms with Crippen LogP contribution in [0.5, 0.6) is 0 Å². The van der Waals surface area contributed by atoms with E-state index in [1.165, 1.54) is 23.5 Å². The minimum atomic E-state index is -0.749. The first kappa shape index (κ1) is 21.8. The van der Waals surface area contributed by atoms with Crippen molar-refractivity contribution >= 4 is 28.8 Å². The second-order valence-electron chi connectivity index (χ2n) is 7.96. The zero-order valence-corrected chi connectivity index (χ0v) is 19.0. The lowest BCUT2D eigenvalue weighted by molar-refractivity contribution is -0.00164. The highest BCUT2D eigenvalue weighted by Gasteiger charge is 2.40. The topological polar surface area (TPSA) is 71.2 Å². The van der Waals surface area contributed by atoms with E-state index in [4.69, 9.17) is 11.6 Å². The highest BCUT2D eigenvalue weighted by molar-refractivity contribution is 7.12. The molecule has 0 spiro atoms. The van der Waals surface area contributed by atoms with E-state index in [1.54, 1.807) is 46.1 Å². The lowest BCUT2D eigenvalue weighted by Gasteiger charge is -2.42. The molecule has 1 N–H and O–H groups in total.